The highest BCUT2D eigenvalue weighted by molar-refractivity contribution is 5.74. The van der Waals surface area contributed by atoms with Crippen LogP contribution in [0, 0.1) is 0 Å². The van der Waals surface area contributed by atoms with Gasteiger partial charge in [0.15, 0.2) is 0 Å². The van der Waals surface area contributed by atoms with Crippen molar-refractivity contribution in [1.29, 1.82) is 0 Å². The van der Waals surface area contributed by atoms with Gasteiger partial charge in [-0.15, -0.1) is 0 Å². The number of piperidine rings is 1. The van der Waals surface area contributed by atoms with Crippen LogP contribution in [0.2, 0.25) is 0 Å². The van der Waals surface area contributed by atoms with Crippen molar-refractivity contribution < 1.29 is 4.79 Å². The van der Waals surface area contributed by atoms with E-state index < -0.39 is 0 Å². The van der Waals surface area contributed by atoms with Crippen molar-refractivity contribution in [2.75, 3.05) is 6.54 Å². The number of carbonyl (C=O) groups excluding carboxylic acids is 1. The highest BCUT2D eigenvalue weighted by Crippen LogP contribution is 2.35. The van der Waals surface area contributed by atoms with Crippen molar-refractivity contribution in [3.63, 3.8) is 0 Å². The largest absolute Gasteiger partial charge is 0.337 e. The zero-order chi connectivity index (χ0) is 16.1. The minimum Gasteiger partial charge on any atom is -0.337 e. The Morgan fingerprint density at radius 1 is 0.913 bits per heavy atom. The van der Waals surface area contributed by atoms with E-state index in [0.717, 1.165) is 32.2 Å². The van der Waals surface area contributed by atoms with Gasteiger partial charge in [0.2, 0.25) is 5.91 Å². The lowest BCUT2D eigenvalue weighted by Crippen LogP contribution is -2.56. The van der Waals surface area contributed by atoms with Crippen LogP contribution in [0.15, 0.2) is 60.7 Å². The standard InChI is InChI=1S/C21H25NO/c1-18(23)22-15-9-8-14-21(22,16-19-10-4-2-5-11-19)17-20-12-6-3-7-13-20/h2-7,10-13H,8-9,14-17H2,1H3. The summed E-state index contributed by atoms with van der Waals surface area (Å²) in [6, 6.07) is 21.2. The monoisotopic (exact) mass is 307 g/mol. The zero-order valence-corrected chi connectivity index (χ0v) is 13.9. The lowest BCUT2D eigenvalue weighted by Gasteiger charge is -2.47. The van der Waals surface area contributed by atoms with Crippen LogP contribution in [0.25, 0.3) is 0 Å². The van der Waals surface area contributed by atoms with Crippen molar-refractivity contribution in [2.24, 2.45) is 0 Å². The van der Waals surface area contributed by atoms with E-state index in [9.17, 15) is 4.79 Å². The molecular formula is C21H25NO. The highest BCUT2D eigenvalue weighted by atomic mass is 16.2. The molecule has 1 fully saturated rings. The minimum absolute atomic E-state index is 0.0905. The maximum atomic E-state index is 12.3. The second kappa shape index (κ2) is 6.99. The van der Waals surface area contributed by atoms with Crippen LogP contribution in [0.1, 0.15) is 37.3 Å². The molecule has 0 spiro atoms. The summed E-state index contributed by atoms with van der Waals surface area (Å²) in [5, 5.41) is 0. The topological polar surface area (TPSA) is 20.3 Å². The van der Waals surface area contributed by atoms with Crippen molar-refractivity contribution in [2.45, 2.75) is 44.6 Å². The summed E-state index contributed by atoms with van der Waals surface area (Å²) in [6.07, 6.45) is 5.26. The molecule has 1 aliphatic rings. The molecule has 1 heterocycles. The first-order chi connectivity index (χ1) is 11.2. The smallest absolute Gasteiger partial charge is 0.219 e. The highest BCUT2D eigenvalue weighted by Gasteiger charge is 2.40. The molecule has 120 valence electrons. The van der Waals surface area contributed by atoms with E-state index >= 15 is 0 Å². The molecule has 2 nitrogen and oxygen atoms in total. The summed E-state index contributed by atoms with van der Waals surface area (Å²) in [5.41, 5.74) is 2.54. The normalized spacial score (nSPS) is 17.0. The molecule has 2 aromatic carbocycles. The minimum atomic E-state index is -0.0905. The Morgan fingerprint density at radius 3 is 1.91 bits per heavy atom. The lowest BCUT2D eigenvalue weighted by atomic mass is 9.77. The maximum absolute atomic E-state index is 12.3. The summed E-state index contributed by atoms with van der Waals surface area (Å²) in [6.45, 7) is 2.60. The molecule has 23 heavy (non-hydrogen) atoms. The number of amides is 1. The van der Waals surface area contributed by atoms with Crippen LogP contribution < -0.4 is 0 Å². The Morgan fingerprint density at radius 2 is 1.43 bits per heavy atom. The van der Waals surface area contributed by atoms with Gasteiger partial charge in [0.05, 0.1) is 5.54 Å². The Bertz CT molecular complexity index is 594. The quantitative estimate of drug-likeness (QED) is 0.827. The van der Waals surface area contributed by atoms with Crippen LogP contribution in [-0.4, -0.2) is 22.9 Å². The Labute approximate surface area is 139 Å². The summed E-state index contributed by atoms with van der Waals surface area (Å²) in [4.78, 5) is 14.5. The van der Waals surface area contributed by atoms with Gasteiger partial charge in [0.25, 0.3) is 0 Å². The van der Waals surface area contributed by atoms with Crippen molar-refractivity contribution in [3.8, 4) is 0 Å². The Hall–Kier alpha value is -2.09. The number of benzene rings is 2. The van der Waals surface area contributed by atoms with Gasteiger partial charge in [-0.3, -0.25) is 4.79 Å². The van der Waals surface area contributed by atoms with E-state index in [4.69, 9.17) is 0 Å². The van der Waals surface area contributed by atoms with Gasteiger partial charge in [0, 0.05) is 13.5 Å². The number of carbonyl (C=O) groups is 1. The first kappa shape index (κ1) is 15.8. The second-order valence-corrected chi connectivity index (χ2v) is 6.68. The van der Waals surface area contributed by atoms with Gasteiger partial charge < -0.3 is 4.90 Å². The van der Waals surface area contributed by atoms with Gasteiger partial charge in [-0.25, -0.2) is 0 Å². The van der Waals surface area contributed by atoms with E-state index in [1.54, 1.807) is 6.92 Å². The lowest BCUT2D eigenvalue weighted by molar-refractivity contribution is -0.137. The van der Waals surface area contributed by atoms with Crippen molar-refractivity contribution in [1.82, 2.24) is 4.90 Å². The number of likely N-dealkylation sites (tertiary alicyclic amines) is 1. The molecule has 1 saturated heterocycles. The average Bonchev–Trinajstić information content (AvgIpc) is 2.57. The first-order valence-corrected chi connectivity index (χ1v) is 8.56. The first-order valence-electron chi connectivity index (χ1n) is 8.56. The van der Waals surface area contributed by atoms with Gasteiger partial charge in [-0.1, -0.05) is 60.7 Å². The van der Waals surface area contributed by atoms with Gasteiger partial charge in [0.1, 0.15) is 0 Å². The molecular weight excluding hydrogens is 282 g/mol. The number of rotatable bonds is 4. The van der Waals surface area contributed by atoms with E-state index in [0.29, 0.717) is 0 Å². The van der Waals surface area contributed by atoms with E-state index in [1.165, 1.54) is 17.5 Å². The fourth-order valence-corrected chi connectivity index (χ4v) is 3.97. The van der Waals surface area contributed by atoms with Crippen LogP contribution in [0.4, 0.5) is 0 Å². The number of nitrogens with zero attached hydrogens (tertiary/aromatic N) is 1. The van der Waals surface area contributed by atoms with Crippen LogP contribution in [0.5, 0.6) is 0 Å². The molecule has 0 aromatic heterocycles. The molecule has 0 unspecified atom stereocenters. The van der Waals surface area contributed by atoms with Crippen molar-refractivity contribution in [3.05, 3.63) is 71.8 Å². The molecule has 0 N–H and O–H groups in total. The average molecular weight is 307 g/mol. The van der Waals surface area contributed by atoms with Gasteiger partial charge in [-0.2, -0.15) is 0 Å². The molecule has 1 amide bonds. The maximum Gasteiger partial charge on any atom is 0.219 e. The van der Waals surface area contributed by atoms with E-state index in [1.807, 2.05) is 0 Å². The molecule has 2 aromatic rings. The second-order valence-electron chi connectivity index (χ2n) is 6.68. The molecule has 1 aliphatic heterocycles. The molecule has 0 aliphatic carbocycles. The summed E-state index contributed by atoms with van der Waals surface area (Å²) in [7, 11) is 0. The third-order valence-corrected chi connectivity index (χ3v) is 4.98. The summed E-state index contributed by atoms with van der Waals surface area (Å²) < 4.78 is 0. The number of hydrogen-bond acceptors (Lipinski definition) is 1. The summed E-state index contributed by atoms with van der Waals surface area (Å²) >= 11 is 0. The molecule has 3 rings (SSSR count). The molecule has 0 atom stereocenters. The third kappa shape index (κ3) is 3.64. The summed E-state index contributed by atoms with van der Waals surface area (Å²) in [5.74, 6) is 0.205. The number of hydrogen-bond donors (Lipinski definition) is 0. The predicted octanol–water partition coefficient (Wildman–Crippen LogP) is 4.24. The van der Waals surface area contributed by atoms with E-state index in [-0.39, 0.29) is 11.4 Å². The molecule has 0 saturated carbocycles. The predicted molar refractivity (Wildman–Crippen MR) is 94.3 cm³/mol. The Balaban J connectivity index is 1.95. The van der Waals surface area contributed by atoms with Crippen LogP contribution in [0.3, 0.4) is 0 Å². The molecule has 0 bridgehead atoms. The molecule has 0 radical (unpaired) electrons. The van der Waals surface area contributed by atoms with Crippen molar-refractivity contribution >= 4 is 5.91 Å². The zero-order valence-electron chi connectivity index (χ0n) is 13.9. The molecule has 2 heteroatoms. The van der Waals surface area contributed by atoms with Gasteiger partial charge in [-0.05, 0) is 43.2 Å². The third-order valence-electron chi connectivity index (χ3n) is 4.98. The fraction of sp³-hybridized carbons (Fsp3) is 0.381. The van der Waals surface area contributed by atoms with Gasteiger partial charge >= 0.3 is 0 Å². The fourth-order valence-electron chi connectivity index (χ4n) is 3.97. The van der Waals surface area contributed by atoms with E-state index in [2.05, 4.69) is 65.6 Å². The Kier molecular flexibility index (Phi) is 4.80. The SMILES string of the molecule is CC(=O)N1CCCCC1(Cc1ccccc1)Cc1ccccc1. The van der Waals surface area contributed by atoms with Crippen LogP contribution >= 0.6 is 0 Å². The van der Waals surface area contributed by atoms with Crippen LogP contribution in [-0.2, 0) is 17.6 Å².